The molecule has 1 aromatic carbocycles. The topological polar surface area (TPSA) is 63.1 Å². The van der Waals surface area contributed by atoms with Gasteiger partial charge in [0.15, 0.2) is 0 Å². The summed E-state index contributed by atoms with van der Waals surface area (Å²) < 4.78 is 2.03. The average Bonchev–Trinajstić information content (AvgIpc) is 3.15. The summed E-state index contributed by atoms with van der Waals surface area (Å²) in [6.45, 7) is 7.93. The predicted octanol–water partition coefficient (Wildman–Crippen LogP) is 1.72. The van der Waals surface area contributed by atoms with Crippen molar-refractivity contribution in [2.75, 3.05) is 13.1 Å². The van der Waals surface area contributed by atoms with Crippen LogP contribution in [0.1, 0.15) is 35.9 Å². The minimum Gasteiger partial charge on any atom is -0.347 e. The van der Waals surface area contributed by atoms with Gasteiger partial charge >= 0.3 is 0 Å². The SMILES string of the molecule is CC(C)NC(=O)c1nnc2n1C[C@@H]1CN(Cc3ccccc3)C[C@H]1C2. The summed E-state index contributed by atoms with van der Waals surface area (Å²) >= 11 is 0. The van der Waals surface area contributed by atoms with Gasteiger partial charge in [-0.05, 0) is 31.2 Å². The van der Waals surface area contributed by atoms with Crippen molar-refractivity contribution < 1.29 is 4.79 Å². The third-order valence-electron chi connectivity index (χ3n) is 5.21. The Morgan fingerprint density at radius 3 is 2.68 bits per heavy atom. The molecule has 2 aliphatic rings. The molecule has 0 saturated carbocycles. The maximum absolute atomic E-state index is 12.3. The van der Waals surface area contributed by atoms with E-state index in [0.29, 0.717) is 17.7 Å². The molecule has 0 aliphatic carbocycles. The largest absolute Gasteiger partial charge is 0.347 e. The molecule has 6 heteroatoms. The highest BCUT2D eigenvalue weighted by Gasteiger charge is 2.39. The molecule has 1 amide bonds. The number of fused-ring (bicyclic) bond motifs is 2. The molecule has 1 fully saturated rings. The maximum Gasteiger partial charge on any atom is 0.289 e. The van der Waals surface area contributed by atoms with Gasteiger partial charge in [-0.3, -0.25) is 9.69 Å². The molecule has 3 heterocycles. The van der Waals surface area contributed by atoms with Gasteiger partial charge in [-0.1, -0.05) is 30.3 Å². The standard InChI is InChI=1S/C19H25N5O/c1-13(2)20-19(25)18-22-21-17-8-15-10-23(11-16(15)12-24(17)18)9-14-6-4-3-5-7-14/h3-7,13,15-16H,8-12H2,1-2H3,(H,20,25)/t15-,16+/m1/s1. The summed E-state index contributed by atoms with van der Waals surface area (Å²) in [7, 11) is 0. The lowest BCUT2D eigenvalue weighted by Gasteiger charge is -2.25. The number of aromatic nitrogens is 3. The van der Waals surface area contributed by atoms with Crippen LogP contribution in [0.2, 0.25) is 0 Å². The second-order valence-electron chi connectivity index (χ2n) is 7.58. The van der Waals surface area contributed by atoms with Gasteiger partial charge in [0, 0.05) is 38.6 Å². The first-order chi connectivity index (χ1) is 12.1. The molecule has 25 heavy (non-hydrogen) atoms. The quantitative estimate of drug-likeness (QED) is 0.921. The van der Waals surface area contributed by atoms with Crippen LogP contribution in [0.4, 0.5) is 0 Å². The molecule has 2 aliphatic heterocycles. The second-order valence-corrected chi connectivity index (χ2v) is 7.58. The highest BCUT2D eigenvalue weighted by Crippen LogP contribution is 2.33. The summed E-state index contributed by atoms with van der Waals surface area (Å²) in [6.07, 6.45) is 0.915. The number of carbonyl (C=O) groups excluding carboxylic acids is 1. The van der Waals surface area contributed by atoms with Crippen LogP contribution in [0.15, 0.2) is 30.3 Å². The summed E-state index contributed by atoms with van der Waals surface area (Å²) in [4.78, 5) is 14.9. The highest BCUT2D eigenvalue weighted by molar-refractivity contribution is 5.90. The molecule has 132 valence electrons. The van der Waals surface area contributed by atoms with Crippen LogP contribution in [0.3, 0.4) is 0 Å². The third-order valence-corrected chi connectivity index (χ3v) is 5.21. The van der Waals surface area contributed by atoms with Crippen molar-refractivity contribution in [1.29, 1.82) is 0 Å². The Balaban J connectivity index is 1.45. The molecule has 1 N–H and O–H groups in total. The average molecular weight is 339 g/mol. The fourth-order valence-corrected chi connectivity index (χ4v) is 4.09. The Morgan fingerprint density at radius 1 is 1.16 bits per heavy atom. The molecule has 6 nitrogen and oxygen atoms in total. The Kier molecular flexibility index (Phi) is 4.29. The van der Waals surface area contributed by atoms with E-state index in [1.165, 1.54) is 5.56 Å². The first-order valence-corrected chi connectivity index (χ1v) is 9.09. The van der Waals surface area contributed by atoms with Crippen LogP contribution in [0.5, 0.6) is 0 Å². The van der Waals surface area contributed by atoms with Gasteiger partial charge in [0.25, 0.3) is 5.91 Å². The summed E-state index contributed by atoms with van der Waals surface area (Å²) in [5.74, 6) is 2.48. The summed E-state index contributed by atoms with van der Waals surface area (Å²) in [5, 5.41) is 11.4. The van der Waals surface area contributed by atoms with Crippen molar-refractivity contribution in [3.63, 3.8) is 0 Å². The molecule has 2 aromatic rings. The number of rotatable bonds is 4. The van der Waals surface area contributed by atoms with Gasteiger partial charge < -0.3 is 9.88 Å². The van der Waals surface area contributed by atoms with Crippen molar-refractivity contribution >= 4 is 5.91 Å². The van der Waals surface area contributed by atoms with E-state index in [-0.39, 0.29) is 11.9 Å². The Bertz CT molecular complexity index is 754. The monoisotopic (exact) mass is 339 g/mol. The highest BCUT2D eigenvalue weighted by atomic mass is 16.2. The van der Waals surface area contributed by atoms with Crippen molar-refractivity contribution in [2.24, 2.45) is 11.8 Å². The second kappa shape index (κ2) is 6.59. The number of benzene rings is 1. The number of likely N-dealkylation sites (tertiary alicyclic amines) is 1. The van der Waals surface area contributed by atoms with Crippen molar-refractivity contribution in [1.82, 2.24) is 25.0 Å². The van der Waals surface area contributed by atoms with Gasteiger partial charge in [-0.2, -0.15) is 0 Å². The van der Waals surface area contributed by atoms with Gasteiger partial charge in [0.2, 0.25) is 5.82 Å². The maximum atomic E-state index is 12.3. The molecule has 1 aromatic heterocycles. The lowest BCUT2D eigenvalue weighted by molar-refractivity contribution is 0.0924. The van der Waals surface area contributed by atoms with E-state index in [9.17, 15) is 4.79 Å². The van der Waals surface area contributed by atoms with Crippen LogP contribution in [-0.4, -0.2) is 44.7 Å². The lowest BCUT2D eigenvalue weighted by Crippen LogP contribution is -2.35. The van der Waals surface area contributed by atoms with Gasteiger partial charge in [-0.15, -0.1) is 10.2 Å². The van der Waals surface area contributed by atoms with Gasteiger partial charge in [0.05, 0.1) is 0 Å². The van der Waals surface area contributed by atoms with Crippen LogP contribution in [0.25, 0.3) is 0 Å². The van der Waals surface area contributed by atoms with Gasteiger partial charge in [-0.25, -0.2) is 0 Å². The summed E-state index contributed by atoms with van der Waals surface area (Å²) in [6, 6.07) is 10.7. The number of nitrogens with zero attached hydrogens (tertiary/aromatic N) is 4. The smallest absolute Gasteiger partial charge is 0.289 e. The molecular formula is C19H25N5O. The zero-order valence-electron chi connectivity index (χ0n) is 14.9. The Labute approximate surface area is 148 Å². The molecule has 0 unspecified atom stereocenters. The van der Waals surface area contributed by atoms with Crippen LogP contribution >= 0.6 is 0 Å². The van der Waals surface area contributed by atoms with E-state index in [4.69, 9.17) is 0 Å². The number of hydrogen-bond donors (Lipinski definition) is 1. The molecule has 0 radical (unpaired) electrons. The number of nitrogens with one attached hydrogen (secondary N) is 1. The first-order valence-electron chi connectivity index (χ1n) is 9.09. The van der Waals surface area contributed by atoms with E-state index in [2.05, 4.69) is 50.7 Å². The van der Waals surface area contributed by atoms with E-state index in [1.54, 1.807) is 0 Å². The predicted molar refractivity (Wildman–Crippen MR) is 95.0 cm³/mol. The number of carbonyl (C=O) groups is 1. The Hall–Kier alpha value is -2.21. The number of hydrogen-bond acceptors (Lipinski definition) is 4. The van der Waals surface area contributed by atoms with Crippen LogP contribution in [-0.2, 0) is 19.5 Å². The Morgan fingerprint density at radius 2 is 1.92 bits per heavy atom. The third kappa shape index (κ3) is 3.31. The zero-order valence-corrected chi connectivity index (χ0v) is 14.9. The number of amides is 1. The minimum absolute atomic E-state index is 0.102. The molecular weight excluding hydrogens is 314 g/mol. The fraction of sp³-hybridized carbons (Fsp3) is 0.526. The van der Waals surface area contributed by atoms with E-state index in [0.717, 1.165) is 38.4 Å². The van der Waals surface area contributed by atoms with Crippen molar-refractivity contribution in [2.45, 2.75) is 39.4 Å². The fourth-order valence-electron chi connectivity index (χ4n) is 4.09. The molecule has 1 saturated heterocycles. The molecule has 2 atom stereocenters. The zero-order chi connectivity index (χ0) is 17.4. The van der Waals surface area contributed by atoms with Crippen molar-refractivity contribution in [3.8, 4) is 0 Å². The lowest BCUT2D eigenvalue weighted by atomic mass is 9.89. The van der Waals surface area contributed by atoms with Crippen LogP contribution in [0, 0.1) is 11.8 Å². The van der Waals surface area contributed by atoms with Crippen molar-refractivity contribution in [3.05, 3.63) is 47.5 Å². The first kappa shape index (κ1) is 16.3. The summed E-state index contributed by atoms with van der Waals surface area (Å²) in [5.41, 5.74) is 1.36. The minimum atomic E-state index is -0.119. The molecule has 4 rings (SSSR count). The molecule has 0 bridgehead atoms. The van der Waals surface area contributed by atoms with Gasteiger partial charge in [0.1, 0.15) is 5.82 Å². The normalized spacial score (nSPS) is 22.7. The molecule has 0 spiro atoms. The van der Waals surface area contributed by atoms with E-state index >= 15 is 0 Å². The van der Waals surface area contributed by atoms with E-state index in [1.807, 2.05) is 18.4 Å². The van der Waals surface area contributed by atoms with E-state index < -0.39 is 0 Å². The van der Waals surface area contributed by atoms with Crippen LogP contribution < -0.4 is 5.32 Å².